The fourth-order valence-electron chi connectivity index (χ4n) is 2.18. The fraction of sp³-hybridized carbons (Fsp3) is 0.389. The second-order valence-corrected chi connectivity index (χ2v) is 8.17. The van der Waals surface area contributed by atoms with Crippen molar-refractivity contribution < 1.29 is 37.1 Å². The minimum atomic E-state index is -5.28. The fourth-order valence-corrected chi connectivity index (χ4v) is 2.83. The highest BCUT2D eigenvalue weighted by molar-refractivity contribution is 14.1. The maximum Gasteiger partial charge on any atom is 0.493 e. The van der Waals surface area contributed by atoms with Crippen LogP contribution in [0.4, 0.5) is 23.8 Å². The summed E-state index contributed by atoms with van der Waals surface area (Å²) in [5.41, 5.74) is 4.83. The van der Waals surface area contributed by atoms with Gasteiger partial charge in [0.15, 0.2) is 0 Å². The van der Waals surface area contributed by atoms with Gasteiger partial charge in [-0.25, -0.2) is 14.6 Å². The molecule has 0 fully saturated rings. The summed E-state index contributed by atoms with van der Waals surface area (Å²) in [4.78, 5) is 31.4. The molecule has 2 rings (SSSR count). The summed E-state index contributed by atoms with van der Waals surface area (Å²) in [6.45, 7) is 3.75. The zero-order chi connectivity index (χ0) is 22.7. The van der Waals surface area contributed by atoms with Crippen molar-refractivity contribution in [2.24, 2.45) is 0 Å². The molecule has 1 amide bonds. The van der Waals surface area contributed by atoms with Crippen molar-refractivity contribution in [1.82, 2.24) is 10.0 Å². The quantitative estimate of drug-likeness (QED) is 0.460. The Hall–Kier alpha value is -2.51. The normalized spacial score (nSPS) is 11.8. The number of nitrogens with two attached hydrogens (primary N) is 1. The van der Waals surface area contributed by atoms with Gasteiger partial charge in [0.2, 0.25) is 0 Å². The highest BCUT2D eigenvalue weighted by atomic mass is 127. The molecular formula is C18H19F3IN3O5. The van der Waals surface area contributed by atoms with Crippen molar-refractivity contribution in [3.05, 3.63) is 28.0 Å². The van der Waals surface area contributed by atoms with Crippen LogP contribution in [0.5, 0.6) is 5.75 Å². The van der Waals surface area contributed by atoms with Gasteiger partial charge >= 0.3 is 18.2 Å². The lowest BCUT2D eigenvalue weighted by Crippen LogP contribution is -2.43. The van der Waals surface area contributed by atoms with Gasteiger partial charge in [-0.2, -0.15) is 13.2 Å². The van der Waals surface area contributed by atoms with Crippen LogP contribution in [0.25, 0.3) is 10.8 Å². The monoisotopic (exact) mass is 541 g/mol. The van der Waals surface area contributed by atoms with E-state index >= 15 is 0 Å². The Kier molecular flexibility index (Phi) is 7.21. The summed E-state index contributed by atoms with van der Waals surface area (Å²) in [6, 6.07) is 5.18. The number of aromatic nitrogens is 1. The van der Waals surface area contributed by atoms with Crippen molar-refractivity contribution in [2.45, 2.75) is 32.5 Å². The number of nitrogen functional groups attached to an aromatic ring is 1. The van der Waals surface area contributed by atoms with Gasteiger partial charge in [-0.15, -0.1) is 5.06 Å². The molecule has 12 heteroatoms. The SMILES string of the molecule is CC(C)(C)OC(=O)N(CCOc1cc2c(N)nccc2cc1I)OC(=O)C(F)(F)F. The number of ether oxygens (including phenoxy) is 2. The van der Waals surface area contributed by atoms with E-state index in [2.05, 4.69) is 9.82 Å². The molecule has 2 aromatic rings. The molecule has 1 aromatic carbocycles. The summed E-state index contributed by atoms with van der Waals surface area (Å²) in [5.74, 6) is -1.90. The number of hydrogen-bond donors (Lipinski definition) is 1. The number of rotatable bonds is 4. The van der Waals surface area contributed by atoms with Crippen LogP contribution >= 0.6 is 22.6 Å². The first kappa shape index (κ1) is 23.8. The van der Waals surface area contributed by atoms with Crippen LogP contribution in [-0.2, 0) is 14.4 Å². The van der Waals surface area contributed by atoms with Crippen molar-refractivity contribution in [2.75, 3.05) is 18.9 Å². The van der Waals surface area contributed by atoms with Gasteiger partial charge in [-0.3, -0.25) is 0 Å². The zero-order valence-corrected chi connectivity index (χ0v) is 18.4. The van der Waals surface area contributed by atoms with Gasteiger partial charge < -0.3 is 20.0 Å². The lowest BCUT2D eigenvalue weighted by molar-refractivity contribution is -0.233. The number of nitrogens with zero attached hydrogens (tertiary/aromatic N) is 2. The number of hydroxylamine groups is 2. The summed E-state index contributed by atoms with van der Waals surface area (Å²) in [5, 5.41) is 1.62. The van der Waals surface area contributed by atoms with Gasteiger partial charge in [0.1, 0.15) is 23.8 Å². The van der Waals surface area contributed by atoms with Crippen molar-refractivity contribution in [1.29, 1.82) is 0 Å². The number of amides is 1. The third-order valence-electron chi connectivity index (χ3n) is 3.42. The average molecular weight is 541 g/mol. The Morgan fingerprint density at radius 2 is 1.90 bits per heavy atom. The van der Waals surface area contributed by atoms with Crippen LogP contribution in [0.2, 0.25) is 0 Å². The first-order valence-electron chi connectivity index (χ1n) is 8.54. The molecule has 2 N–H and O–H groups in total. The molecule has 0 radical (unpaired) electrons. The number of halogens is 4. The Morgan fingerprint density at radius 1 is 1.23 bits per heavy atom. The molecule has 30 heavy (non-hydrogen) atoms. The smallest absolute Gasteiger partial charge is 0.490 e. The molecule has 0 saturated heterocycles. The highest BCUT2D eigenvalue weighted by Crippen LogP contribution is 2.29. The Balaban J connectivity index is 2.13. The van der Waals surface area contributed by atoms with Crippen molar-refractivity contribution in [3.8, 4) is 5.75 Å². The van der Waals surface area contributed by atoms with Crippen LogP contribution < -0.4 is 10.5 Å². The van der Waals surface area contributed by atoms with Crippen LogP contribution in [0, 0.1) is 3.57 Å². The average Bonchev–Trinajstić information content (AvgIpc) is 2.59. The number of carbonyl (C=O) groups excluding carboxylic acids is 2. The molecule has 0 aliphatic carbocycles. The number of alkyl halides is 3. The Bertz CT molecular complexity index is 947. The number of fused-ring (bicyclic) bond motifs is 1. The van der Waals surface area contributed by atoms with E-state index in [0.29, 0.717) is 14.7 Å². The topological polar surface area (TPSA) is 104 Å². The molecule has 8 nitrogen and oxygen atoms in total. The third kappa shape index (κ3) is 6.50. The molecule has 164 valence electrons. The van der Waals surface area contributed by atoms with Crippen LogP contribution in [0.1, 0.15) is 20.8 Å². The number of carbonyl (C=O) groups is 2. The largest absolute Gasteiger partial charge is 0.493 e. The second-order valence-electron chi connectivity index (χ2n) is 7.01. The summed E-state index contributed by atoms with van der Waals surface area (Å²) in [7, 11) is 0. The molecule has 0 atom stereocenters. The van der Waals surface area contributed by atoms with Gasteiger partial charge in [-0.05, 0) is 66.9 Å². The van der Waals surface area contributed by atoms with Crippen LogP contribution in [-0.4, -0.2) is 47.0 Å². The predicted molar refractivity (Wildman–Crippen MR) is 109 cm³/mol. The molecule has 0 spiro atoms. The maximum atomic E-state index is 12.5. The standard InChI is InChI=1S/C18H19F3IN3O5/c1-17(2,3)29-16(27)25(30-15(26)18(19,20)21)6-7-28-13-9-11-10(8-12(13)22)4-5-24-14(11)23/h4-5,8-9H,6-7H2,1-3H3,(H2,23,24). The van der Waals surface area contributed by atoms with Crippen LogP contribution in [0.3, 0.4) is 0 Å². The number of hydrogen-bond acceptors (Lipinski definition) is 7. The van der Waals surface area contributed by atoms with E-state index in [4.69, 9.17) is 15.2 Å². The Morgan fingerprint density at radius 3 is 2.50 bits per heavy atom. The zero-order valence-electron chi connectivity index (χ0n) is 16.2. The van der Waals surface area contributed by atoms with E-state index in [1.165, 1.54) is 20.8 Å². The van der Waals surface area contributed by atoms with E-state index in [1.807, 2.05) is 22.6 Å². The molecule has 0 aliphatic heterocycles. The van der Waals surface area contributed by atoms with Gasteiger partial charge in [0.25, 0.3) is 0 Å². The third-order valence-corrected chi connectivity index (χ3v) is 4.26. The lowest BCUT2D eigenvalue weighted by atomic mass is 10.1. The molecule has 1 aromatic heterocycles. The molecule has 0 unspecified atom stereocenters. The summed E-state index contributed by atoms with van der Waals surface area (Å²) in [6.07, 6.45) is -4.98. The Labute approximate surface area is 183 Å². The summed E-state index contributed by atoms with van der Waals surface area (Å²) >= 11 is 2.01. The van der Waals surface area contributed by atoms with Crippen molar-refractivity contribution >= 4 is 51.2 Å². The van der Waals surface area contributed by atoms with Gasteiger partial charge in [0, 0.05) is 11.6 Å². The molecule has 0 bridgehead atoms. The first-order chi connectivity index (χ1) is 13.8. The first-order valence-corrected chi connectivity index (χ1v) is 9.62. The van der Waals surface area contributed by atoms with E-state index < -0.39 is 30.4 Å². The van der Waals surface area contributed by atoms with E-state index in [-0.39, 0.29) is 17.5 Å². The van der Waals surface area contributed by atoms with E-state index in [1.54, 1.807) is 24.4 Å². The molecular weight excluding hydrogens is 522 g/mol. The minimum absolute atomic E-state index is 0.172. The predicted octanol–water partition coefficient (Wildman–Crippen LogP) is 4.06. The summed E-state index contributed by atoms with van der Waals surface area (Å²) < 4.78 is 48.8. The molecule has 1 heterocycles. The molecule has 0 aliphatic rings. The maximum absolute atomic E-state index is 12.5. The lowest BCUT2D eigenvalue weighted by Gasteiger charge is -2.26. The van der Waals surface area contributed by atoms with Crippen molar-refractivity contribution in [3.63, 3.8) is 0 Å². The highest BCUT2D eigenvalue weighted by Gasteiger charge is 2.44. The molecule has 0 saturated carbocycles. The van der Waals surface area contributed by atoms with E-state index in [0.717, 1.165) is 5.39 Å². The van der Waals surface area contributed by atoms with E-state index in [9.17, 15) is 22.8 Å². The van der Waals surface area contributed by atoms with Gasteiger partial charge in [0.05, 0.1) is 10.1 Å². The van der Waals surface area contributed by atoms with Crippen LogP contribution in [0.15, 0.2) is 24.4 Å². The van der Waals surface area contributed by atoms with Gasteiger partial charge in [-0.1, -0.05) is 0 Å². The minimum Gasteiger partial charge on any atom is -0.490 e. The number of pyridine rings is 1. The number of benzene rings is 1. The second kappa shape index (κ2) is 9.10. The number of anilines is 1.